The van der Waals surface area contributed by atoms with Gasteiger partial charge in [0.15, 0.2) is 0 Å². The summed E-state index contributed by atoms with van der Waals surface area (Å²) in [5, 5.41) is 5.38. The van der Waals surface area contributed by atoms with Gasteiger partial charge in [0.1, 0.15) is 0 Å². The molecule has 7 nitrogen and oxygen atoms in total. The van der Waals surface area contributed by atoms with Gasteiger partial charge in [0, 0.05) is 23.9 Å². The van der Waals surface area contributed by atoms with Crippen LogP contribution in [0.15, 0.2) is 77.7 Å². The van der Waals surface area contributed by atoms with Gasteiger partial charge in [0.05, 0.1) is 10.6 Å². The highest BCUT2D eigenvalue weighted by atomic mass is 32.2. The fraction of sp³-hybridized carbons (Fsp3) is 0.0909. The zero-order chi connectivity index (χ0) is 21.7. The number of anilines is 3. The SMILES string of the molecule is CC(=O)Nc1ccc(C(=O)Nc2ccc(C)c(NS(=O)(=O)c3ccccc3)c2)cc1. The number of carbonyl (C=O) groups is 2. The predicted octanol–water partition coefficient (Wildman–Crippen LogP) is 4.01. The van der Waals surface area contributed by atoms with E-state index in [1.807, 2.05) is 0 Å². The smallest absolute Gasteiger partial charge is 0.261 e. The fourth-order valence-electron chi connectivity index (χ4n) is 2.72. The minimum absolute atomic E-state index is 0.151. The summed E-state index contributed by atoms with van der Waals surface area (Å²) >= 11 is 0. The zero-order valence-electron chi connectivity index (χ0n) is 16.5. The third-order valence-electron chi connectivity index (χ3n) is 4.26. The van der Waals surface area contributed by atoms with Gasteiger partial charge in [0.25, 0.3) is 15.9 Å². The number of hydrogen-bond acceptors (Lipinski definition) is 4. The van der Waals surface area contributed by atoms with Crippen molar-refractivity contribution in [3.05, 3.63) is 83.9 Å². The lowest BCUT2D eigenvalue weighted by Crippen LogP contribution is -2.15. The molecule has 3 N–H and O–H groups in total. The maximum atomic E-state index is 12.6. The van der Waals surface area contributed by atoms with E-state index >= 15 is 0 Å². The molecule has 3 aromatic rings. The van der Waals surface area contributed by atoms with Crippen molar-refractivity contribution < 1.29 is 18.0 Å². The Morgan fingerprint density at radius 1 is 0.800 bits per heavy atom. The van der Waals surface area contributed by atoms with Crippen molar-refractivity contribution >= 4 is 38.9 Å². The number of rotatable bonds is 6. The lowest BCUT2D eigenvalue weighted by Gasteiger charge is -2.13. The molecule has 0 radical (unpaired) electrons. The molecule has 0 aromatic heterocycles. The van der Waals surface area contributed by atoms with E-state index in [4.69, 9.17) is 0 Å². The molecule has 8 heteroatoms. The molecule has 0 aliphatic heterocycles. The molecular formula is C22H21N3O4S. The first kappa shape index (κ1) is 21.1. The van der Waals surface area contributed by atoms with Crippen LogP contribution in [0.1, 0.15) is 22.8 Å². The summed E-state index contributed by atoms with van der Waals surface area (Å²) in [4.78, 5) is 23.7. The Balaban J connectivity index is 1.76. The van der Waals surface area contributed by atoms with Crippen LogP contribution in [0.25, 0.3) is 0 Å². The summed E-state index contributed by atoms with van der Waals surface area (Å²) in [6.07, 6.45) is 0. The molecule has 2 amide bonds. The average Bonchev–Trinajstić information content (AvgIpc) is 2.71. The second kappa shape index (κ2) is 8.79. The molecule has 0 aliphatic rings. The Bertz CT molecular complexity index is 1170. The van der Waals surface area contributed by atoms with Crippen molar-refractivity contribution in [1.29, 1.82) is 0 Å². The minimum atomic E-state index is -3.75. The van der Waals surface area contributed by atoms with Crippen LogP contribution in [-0.4, -0.2) is 20.2 Å². The molecule has 0 spiro atoms. The Kier molecular flexibility index (Phi) is 6.17. The van der Waals surface area contributed by atoms with Crippen LogP contribution in [0, 0.1) is 6.92 Å². The van der Waals surface area contributed by atoms with Gasteiger partial charge in [0.2, 0.25) is 5.91 Å². The molecule has 0 heterocycles. The highest BCUT2D eigenvalue weighted by molar-refractivity contribution is 7.92. The summed E-state index contributed by atoms with van der Waals surface area (Å²) < 4.78 is 27.7. The van der Waals surface area contributed by atoms with Crippen LogP contribution in [0.4, 0.5) is 17.1 Å². The summed E-state index contributed by atoms with van der Waals surface area (Å²) in [7, 11) is -3.75. The Morgan fingerprint density at radius 3 is 2.07 bits per heavy atom. The van der Waals surface area contributed by atoms with Gasteiger partial charge in [-0.1, -0.05) is 24.3 Å². The van der Waals surface area contributed by atoms with E-state index in [9.17, 15) is 18.0 Å². The van der Waals surface area contributed by atoms with Crippen molar-refractivity contribution in [1.82, 2.24) is 0 Å². The summed E-state index contributed by atoms with van der Waals surface area (Å²) in [5.41, 5.74) is 2.52. The van der Waals surface area contributed by atoms with Gasteiger partial charge < -0.3 is 10.6 Å². The first-order chi connectivity index (χ1) is 14.2. The molecule has 0 saturated carbocycles. The van der Waals surface area contributed by atoms with Crippen molar-refractivity contribution in [2.75, 3.05) is 15.4 Å². The number of hydrogen-bond donors (Lipinski definition) is 3. The number of carbonyl (C=O) groups excluding carboxylic acids is 2. The maximum Gasteiger partial charge on any atom is 0.261 e. The molecule has 0 unspecified atom stereocenters. The number of benzene rings is 3. The van der Waals surface area contributed by atoms with Crippen molar-refractivity contribution in [2.24, 2.45) is 0 Å². The van der Waals surface area contributed by atoms with E-state index in [1.165, 1.54) is 19.1 Å². The summed E-state index contributed by atoms with van der Waals surface area (Å²) in [6, 6.07) is 19.5. The average molecular weight is 423 g/mol. The van der Waals surface area contributed by atoms with E-state index in [1.54, 1.807) is 67.6 Å². The molecule has 0 bridgehead atoms. The van der Waals surface area contributed by atoms with E-state index in [-0.39, 0.29) is 16.7 Å². The second-order valence-electron chi connectivity index (χ2n) is 6.66. The molecule has 0 fully saturated rings. The third-order valence-corrected chi connectivity index (χ3v) is 5.64. The van der Waals surface area contributed by atoms with E-state index in [0.717, 1.165) is 0 Å². The molecular weight excluding hydrogens is 402 g/mol. The molecule has 0 atom stereocenters. The van der Waals surface area contributed by atoms with Crippen LogP contribution in [0.5, 0.6) is 0 Å². The van der Waals surface area contributed by atoms with Crippen molar-refractivity contribution in [3.63, 3.8) is 0 Å². The largest absolute Gasteiger partial charge is 0.326 e. The topological polar surface area (TPSA) is 104 Å². The predicted molar refractivity (Wildman–Crippen MR) is 117 cm³/mol. The molecule has 0 aliphatic carbocycles. The Hall–Kier alpha value is -3.65. The van der Waals surface area contributed by atoms with Gasteiger partial charge in [-0.25, -0.2) is 8.42 Å². The number of sulfonamides is 1. The lowest BCUT2D eigenvalue weighted by atomic mass is 10.1. The third kappa shape index (κ3) is 5.24. The monoisotopic (exact) mass is 423 g/mol. The minimum Gasteiger partial charge on any atom is -0.326 e. The van der Waals surface area contributed by atoms with Crippen molar-refractivity contribution in [3.8, 4) is 0 Å². The summed E-state index contributed by atoms with van der Waals surface area (Å²) in [5.74, 6) is -0.553. The molecule has 154 valence electrons. The van der Waals surface area contributed by atoms with Crippen LogP contribution >= 0.6 is 0 Å². The Labute approximate surface area is 175 Å². The molecule has 3 rings (SSSR count). The second-order valence-corrected chi connectivity index (χ2v) is 8.34. The maximum absolute atomic E-state index is 12.6. The lowest BCUT2D eigenvalue weighted by molar-refractivity contribution is -0.114. The fourth-order valence-corrected chi connectivity index (χ4v) is 3.87. The van der Waals surface area contributed by atoms with Crippen molar-refractivity contribution in [2.45, 2.75) is 18.7 Å². The number of amides is 2. The highest BCUT2D eigenvalue weighted by Crippen LogP contribution is 2.24. The van der Waals surface area contributed by atoms with Gasteiger partial charge in [-0.3, -0.25) is 14.3 Å². The molecule has 0 saturated heterocycles. The van der Waals surface area contributed by atoms with Gasteiger partial charge in [-0.15, -0.1) is 0 Å². The van der Waals surface area contributed by atoms with Crippen LogP contribution in [-0.2, 0) is 14.8 Å². The quantitative estimate of drug-likeness (QED) is 0.557. The first-order valence-electron chi connectivity index (χ1n) is 9.12. The van der Waals surface area contributed by atoms with Crippen LogP contribution in [0.2, 0.25) is 0 Å². The molecule has 3 aromatic carbocycles. The van der Waals surface area contributed by atoms with Crippen LogP contribution < -0.4 is 15.4 Å². The van der Waals surface area contributed by atoms with E-state index in [2.05, 4.69) is 15.4 Å². The summed E-state index contributed by atoms with van der Waals surface area (Å²) in [6.45, 7) is 3.18. The molecule has 30 heavy (non-hydrogen) atoms. The van der Waals surface area contributed by atoms with Gasteiger partial charge in [-0.2, -0.15) is 0 Å². The zero-order valence-corrected chi connectivity index (χ0v) is 17.3. The Morgan fingerprint density at radius 2 is 1.43 bits per heavy atom. The van der Waals surface area contributed by atoms with Gasteiger partial charge >= 0.3 is 0 Å². The highest BCUT2D eigenvalue weighted by Gasteiger charge is 2.15. The number of nitrogens with one attached hydrogen (secondary N) is 3. The van der Waals surface area contributed by atoms with Crippen LogP contribution in [0.3, 0.4) is 0 Å². The van der Waals surface area contributed by atoms with Gasteiger partial charge in [-0.05, 0) is 61.0 Å². The standard InChI is InChI=1S/C22H21N3O4S/c1-15-8-11-19(14-21(15)25-30(28,29)20-6-4-3-5-7-20)24-22(27)17-9-12-18(13-10-17)23-16(2)26/h3-14,25H,1-2H3,(H,23,26)(H,24,27). The normalized spacial score (nSPS) is 10.9. The van der Waals surface area contributed by atoms with E-state index in [0.29, 0.717) is 28.2 Å². The first-order valence-corrected chi connectivity index (χ1v) is 10.6. The van der Waals surface area contributed by atoms with E-state index < -0.39 is 10.0 Å². The number of aryl methyl sites for hydroxylation is 1.